The molecule has 9 nitrogen and oxygen atoms in total. The zero-order chi connectivity index (χ0) is 25.5. The first kappa shape index (κ1) is 24.0. The molecule has 3 aliphatic heterocycles. The van der Waals surface area contributed by atoms with Crippen molar-refractivity contribution in [2.45, 2.75) is 58.0 Å². The number of anilines is 2. The quantitative estimate of drug-likeness (QED) is 0.583. The number of fused-ring (bicyclic) bond motifs is 2. The Balaban J connectivity index is 1.45. The molecule has 0 aliphatic carbocycles. The molecule has 5 heterocycles. The number of carbonyl (C=O) groups is 1. The highest BCUT2D eigenvalue weighted by molar-refractivity contribution is 5.78. The molecule has 37 heavy (non-hydrogen) atoms. The fourth-order valence-electron chi connectivity index (χ4n) is 6.23. The second-order valence-corrected chi connectivity index (χ2v) is 10.4. The average molecular weight is 504 g/mol. The number of aryl methyl sites for hydroxylation is 3. The van der Waals surface area contributed by atoms with Crippen LogP contribution in [0.4, 0.5) is 16.3 Å². The molecular weight excluding hydrogens is 466 g/mol. The molecule has 0 bridgehead atoms. The number of rotatable bonds is 4. The van der Waals surface area contributed by atoms with Crippen LogP contribution in [0.1, 0.15) is 54.6 Å². The summed E-state index contributed by atoms with van der Waals surface area (Å²) in [7, 11) is 3.67. The topological polar surface area (TPSA) is 80.5 Å². The van der Waals surface area contributed by atoms with Gasteiger partial charge < -0.3 is 19.9 Å². The Kier molecular flexibility index (Phi) is 6.40. The molecule has 0 saturated carbocycles. The van der Waals surface area contributed by atoms with Crippen LogP contribution in [-0.4, -0.2) is 63.8 Å². The summed E-state index contributed by atoms with van der Waals surface area (Å²) in [4.78, 5) is 16.9. The molecule has 3 aromatic rings. The SMILES string of the molecule is CCc1cc2c(cc1-c1cnn(C)c1)CCCN2c1nn(C2CCOCC2)c2c1CN(C(=O)NC)CC2. The lowest BCUT2D eigenvalue weighted by Gasteiger charge is -2.33. The predicted octanol–water partition coefficient (Wildman–Crippen LogP) is 3.98. The first-order valence-corrected chi connectivity index (χ1v) is 13.6. The van der Waals surface area contributed by atoms with Gasteiger partial charge in [0.25, 0.3) is 0 Å². The molecule has 1 saturated heterocycles. The molecule has 0 spiro atoms. The van der Waals surface area contributed by atoms with Gasteiger partial charge in [0.05, 0.1) is 18.8 Å². The van der Waals surface area contributed by atoms with E-state index >= 15 is 0 Å². The van der Waals surface area contributed by atoms with Gasteiger partial charge in [0, 0.05) is 75.5 Å². The first-order valence-electron chi connectivity index (χ1n) is 13.6. The summed E-state index contributed by atoms with van der Waals surface area (Å²) < 4.78 is 9.81. The number of hydrogen-bond acceptors (Lipinski definition) is 5. The van der Waals surface area contributed by atoms with Gasteiger partial charge in [-0.25, -0.2) is 4.79 Å². The fourth-order valence-corrected chi connectivity index (χ4v) is 6.23. The molecular formula is C28H37N7O2. The number of ether oxygens (including phenoxy) is 1. The van der Waals surface area contributed by atoms with Gasteiger partial charge in [-0.3, -0.25) is 9.36 Å². The van der Waals surface area contributed by atoms with Crippen LogP contribution in [0.5, 0.6) is 0 Å². The lowest BCUT2D eigenvalue weighted by atomic mass is 9.92. The third kappa shape index (κ3) is 4.29. The summed E-state index contributed by atoms with van der Waals surface area (Å²) in [5, 5.41) is 12.5. The molecule has 0 unspecified atom stereocenters. The molecule has 9 heteroatoms. The number of aromatic nitrogens is 4. The Morgan fingerprint density at radius 1 is 1.19 bits per heavy atom. The molecule has 0 atom stereocenters. The maximum absolute atomic E-state index is 12.6. The van der Waals surface area contributed by atoms with E-state index in [4.69, 9.17) is 9.84 Å². The minimum Gasteiger partial charge on any atom is -0.381 e. The van der Waals surface area contributed by atoms with E-state index in [0.29, 0.717) is 19.1 Å². The first-order chi connectivity index (χ1) is 18.1. The number of amides is 2. The van der Waals surface area contributed by atoms with Gasteiger partial charge in [-0.15, -0.1) is 0 Å². The maximum Gasteiger partial charge on any atom is 0.317 e. The normalized spacial score (nSPS) is 18.0. The molecule has 2 amide bonds. The van der Waals surface area contributed by atoms with Crippen LogP contribution in [0.3, 0.4) is 0 Å². The zero-order valence-corrected chi connectivity index (χ0v) is 22.2. The summed E-state index contributed by atoms with van der Waals surface area (Å²) >= 11 is 0. The Hall–Kier alpha value is -3.33. The summed E-state index contributed by atoms with van der Waals surface area (Å²) in [6, 6.07) is 5.07. The highest BCUT2D eigenvalue weighted by atomic mass is 16.5. The molecule has 1 fully saturated rings. The maximum atomic E-state index is 12.6. The van der Waals surface area contributed by atoms with Crippen LogP contribution in [0, 0.1) is 0 Å². The van der Waals surface area contributed by atoms with Crippen molar-refractivity contribution in [1.29, 1.82) is 0 Å². The van der Waals surface area contributed by atoms with E-state index in [1.54, 1.807) is 7.05 Å². The second kappa shape index (κ2) is 9.85. The lowest BCUT2D eigenvalue weighted by molar-refractivity contribution is 0.0651. The summed E-state index contributed by atoms with van der Waals surface area (Å²) in [6.07, 6.45) is 9.93. The molecule has 196 valence electrons. The van der Waals surface area contributed by atoms with Crippen LogP contribution in [0.2, 0.25) is 0 Å². The third-order valence-corrected chi connectivity index (χ3v) is 8.18. The third-order valence-electron chi connectivity index (χ3n) is 8.18. The van der Waals surface area contributed by atoms with Crippen molar-refractivity contribution in [3.8, 4) is 11.1 Å². The summed E-state index contributed by atoms with van der Waals surface area (Å²) in [5.41, 5.74) is 8.87. The second-order valence-electron chi connectivity index (χ2n) is 10.4. The van der Waals surface area contributed by atoms with Gasteiger partial charge in [-0.1, -0.05) is 6.92 Å². The zero-order valence-electron chi connectivity index (χ0n) is 22.2. The van der Waals surface area contributed by atoms with Crippen LogP contribution < -0.4 is 10.2 Å². The van der Waals surface area contributed by atoms with Crippen molar-refractivity contribution in [3.05, 3.63) is 46.9 Å². The molecule has 1 N–H and O–H groups in total. The van der Waals surface area contributed by atoms with Crippen molar-refractivity contribution in [2.24, 2.45) is 7.05 Å². The van der Waals surface area contributed by atoms with Crippen molar-refractivity contribution in [1.82, 2.24) is 29.8 Å². The number of carbonyl (C=O) groups excluding carboxylic acids is 1. The minimum atomic E-state index is -0.0242. The number of benzene rings is 1. The Morgan fingerprint density at radius 3 is 2.76 bits per heavy atom. The van der Waals surface area contributed by atoms with E-state index in [-0.39, 0.29) is 6.03 Å². The van der Waals surface area contributed by atoms with E-state index in [2.05, 4.69) is 45.3 Å². The van der Waals surface area contributed by atoms with Gasteiger partial charge >= 0.3 is 6.03 Å². The highest BCUT2D eigenvalue weighted by Gasteiger charge is 2.34. The molecule has 6 rings (SSSR count). The molecule has 3 aliphatic rings. The van der Waals surface area contributed by atoms with Crippen LogP contribution in [-0.2, 0) is 37.6 Å². The van der Waals surface area contributed by atoms with Crippen LogP contribution in [0.25, 0.3) is 11.1 Å². The highest BCUT2D eigenvalue weighted by Crippen LogP contribution is 2.42. The largest absolute Gasteiger partial charge is 0.381 e. The van der Waals surface area contributed by atoms with E-state index in [9.17, 15) is 4.79 Å². The number of nitrogens with one attached hydrogen (secondary N) is 1. The molecule has 2 aromatic heterocycles. The Labute approximate surface area is 218 Å². The number of urea groups is 1. The lowest BCUT2D eigenvalue weighted by Crippen LogP contribution is -2.42. The summed E-state index contributed by atoms with van der Waals surface area (Å²) in [6.45, 7) is 6.02. The van der Waals surface area contributed by atoms with Gasteiger partial charge in [-0.2, -0.15) is 10.2 Å². The van der Waals surface area contributed by atoms with Crippen molar-refractivity contribution >= 4 is 17.5 Å². The van der Waals surface area contributed by atoms with E-state index in [0.717, 1.165) is 64.1 Å². The van der Waals surface area contributed by atoms with Crippen LogP contribution >= 0.6 is 0 Å². The monoisotopic (exact) mass is 503 g/mol. The van der Waals surface area contributed by atoms with Gasteiger partial charge in [0.1, 0.15) is 0 Å². The average Bonchev–Trinajstić information content (AvgIpc) is 3.55. The Bertz CT molecular complexity index is 1300. The smallest absolute Gasteiger partial charge is 0.317 e. The Morgan fingerprint density at radius 2 is 2.03 bits per heavy atom. The molecule has 1 aromatic carbocycles. The fraction of sp³-hybridized carbons (Fsp3) is 0.536. The van der Waals surface area contributed by atoms with E-state index in [1.807, 2.05) is 22.8 Å². The molecule has 0 radical (unpaired) electrons. The van der Waals surface area contributed by atoms with E-state index < -0.39 is 0 Å². The van der Waals surface area contributed by atoms with Crippen molar-refractivity contribution < 1.29 is 9.53 Å². The van der Waals surface area contributed by atoms with Crippen molar-refractivity contribution in [3.63, 3.8) is 0 Å². The predicted molar refractivity (Wildman–Crippen MR) is 143 cm³/mol. The minimum absolute atomic E-state index is 0.0242. The van der Waals surface area contributed by atoms with Gasteiger partial charge in [0.2, 0.25) is 0 Å². The van der Waals surface area contributed by atoms with Gasteiger partial charge in [-0.05, 0) is 60.9 Å². The van der Waals surface area contributed by atoms with Crippen LogP contribution in [0.15, 0.2) is 24.5 Å². The standard InChI is InChI=1S/C28H37N7O2/c1-4-19-15-26-20(14-23(19)21-16-30-32(3)17-21)6-5-10-34(26)27-24-18-33(28(36)29-2)11-7-25(24)35(31-27)22-8-12-37-13-9-22/h14-17,22H,4-13,18H2,1-3H3,(H,29,36). The van der Waals surface area contributed by atoms with E-state index in [1.165, 1.54) is 39.2 Å². The summed E-state index contributed by atoms with van der Waals surface area (Å²) in [5.74, 6) is 1.02. The van der Waals surface area contributed by atoms with Crippen molar-refractivity contribution in [2.75, 3.05) is 38.3 Å². The van der Waals surface area contributed by atoms with Gasteiger partial charge in [0.15, 0.2) is 5.82 Å². The number of hydrogen-bond donors (Lipinski definition) is 1. The number of nitrogens with zero attached hydrogens (tertiary/aromatic N) is 6.